The van der Waals surface area contributed by atoms with Crippen LogP contribution in [0, 0.1) is 13.8 Å². The number of hydrogen-bond acceptors (Lipinski definition) is 6. The number of aromatic nitrogens is 5. The van der Waals surface area contributed by atoms with E-state index in [9.17, 15) is 4.79 Å². The van der Waals surface area contributed by atoms with Crippen LogP contribution in [0.5, 0.6) is 0 Å². The topological polar surface area (TPSA) is 89.9 Å². The first-order valence-electron chi connectivity index (χ1n) is 8.61. The molecule has 1 amide bonds. The van der Waals surface area contributed by atoms with E-state index >= 15 is 0 Å². The van der Waals surface area contributed by atoms with Crippen LogP contribution in [-0.4, -0.2) is 42.3 Å². The molecular formula is C18H20N6O2. The zero-order valence-electron chi connectivity index (χ0n) is 15.0. The molecule has 0 aliphatic carbocycles. The molecule has 0 bridgehead atoms. The third-order valence-corrected chi connectivity index (χ3v) is 4.72. The summed E-state index contributed by atoms with van der Waals surface area (Å²) in [5.74, 6) is 1.20. The summed E-state index contributed by atoms with van der Waals surface area (Å²) in [6, 6.07) is 3.54. The summed E-state index contributed by atoms with van der Waals surface area (Å²) in [6.45, 7) is 4.41. The molecule has 26 heavy (non-hydrogen) atoms. The number of nitrogens with zero attached hydrogens (tertiary/aromatic N) is 6. The van der Waals surface area contributed by atoms with Gasteiger partial charge in [0.2, 0.25) is 0 Å². The van der Waals surface area contributed by atoms with Crippen molar-refractivity contribution in [2.75, 3.05) is 6.54 Å². The Hall–Kier alpha value is -3.03. The van der Waals surface area contributed by atoms with Crippen molar-refractivity contribution in [3.8, 4) is 11.4 Å². The molecule has 1 aliphatic rings. The second kappa shape index (κ2) is 6.36. The van der Waals surface area contributed by atoms with Gasteiger partial charge in [0, 0.05) is 26.0 Å². The molecule has 0 spiro atoms. The maximum absolute atomic E-state index is 12.8. The Balaban J connectivity index is 1.66. The summed E-state index contributed by atoms with van der Waals surface area (Å²) >= 11 is 0. The van der Waals surface area contributed by atoms with Crippen LogP contribution in [0.4, 0.5) is 0 Å². The van der Waals surface area contributed by atoms with Crippen molar-refractivity contribution in [3.05, 3.63) is 47.4 Å². The second-order valence-corrected chi connectivity index (χ2v) is 6.54. The van der Waals surface area contributed by atoms with Crippen LogP contribution in [0.2, 0.25) is 0 Å². The molecule has 1 unspecified atom stereocenters. The van der Waals surface area contributed by atoms with Gasteiger partial charge in [-0.05, 0) is 38.8 Å². The number of hydrogen-bond donors (Lipinski definition) is 0. The number of amides is 1. The number of aryl methyl sites for hydroxylation is 3. The van der Waals surface area contributed by atoms with Crippen LogP contribution in [-0.2, 0) is 7.05 Å². The average molecular weight is 352 g/mol. The molecule has 8 heteroatoms. The molecule has 1 saturated heterocycles. The van der Waals surface area contributed by atoms with Gasteiger partial charge in [0.1, 0.15) is 11.5 Å². The Kier molecular flexibility index (Phi) is 4.02. The highest BCUT2D eigenvalue weighted by atomic mass is 16.5. The summed E-state index contributed by atoms with van der Waals surface area (Å²) in [7, 11) is 1.80. The van der Waals surface area contributed by atoms with E-state index in [-0.39, 0.29) is 11.9 Å². The van der Waals surface area contributed by atoms with E-state index in [0.717, 1.165) is 29.8 Å². The molecule has 1 aliphatic heterocycles. The average Bonchev–Trinajstić information content (AvgIpc) is 3.35. The summed E-state index contributed by atoms with van der Waals surface area (Å²) in [5.41, 5.74) is 2.86. The van der Waals surface area contributed by atoms with E-state index < -0.39 is 0 Å². The number of likely N-dealkylation sites (tertiary alicyclic amines) is 1. The monoisotopic (exact) mass is 352 g/mol. The highest BCUT2D eigenvalue weighted by Gasteiger charge is 2.33. The van der Waals surface area contributed by atoms with Gasteiger partial charge in [-0.3, -0.25) is 9.48 Å². The molecule has 8 nitrogen and oxygen atoms in total. The smallest absolute Gasteiger partial charge is 0.274 e. The molecule has 4 heterocycles. The largest absolute Gasteiger partial charge is 0.361 e. The maximum atomic E-state index is 12.8. The van der Waals surface area contributed by atoms with E-state index in [0.29, 0.717) is 23.8 Å². The molecule has 0 radical (unpaired) electrons. The predicted octanol–water partition coefficient (Wildman–Crippen LogP) is 2.46. The molecule has 134 valence electrons. The van der Waals surface area contributed by atoms with Gasteiger partial charge >= 0.3 is 0 Å². The van der Waals surface area contributed by atoms with Crippen molar-refractivity contribution in [3.63, 3.8) is 0 Å². The Labute approximate surface area is 150 Å². The van der Waals surface area contributed by atoms with Gasteiger partial charge in [0.15, 0.2) is 5.82 Å². The lowest BCUT2D eigenvalue weighted by Gasteiger charge is -2.23. The van der Waals surface area contributed by atoms with E-state index in [1.165, 1.54) is 0 Å². The normalized spacial score (nSPS) is 17.0. The summed E-state index contributed by atoms with van der Waals surface area (Å²) in [4.78, 5) is 23.8. The summed E-state index contributed by atoms with van der Waals surface area (Å²) in [5, 5.41) is 8.21. The standard InChI is InChI=1S/C18H20N6O2/c1-11-16(12(2)26-22-11)17-19-8-6-13(20-17)15-5-4-9-24(15)18(25)14-7-10-23(3)21-14/h6-8,10,15H,4-5,9H2,1-3H3. The van der Waals surface area contributed by atoms with Crippen molar-refractivity contribution < 1.29 is 9.32 Å². The van der Waals surface area contributed by atoms with E-state index in [1.807, 2.05) is 24.8 Å². The molecule has 1 fully saturated rings. The van der Waals surface area contributed by atoms with Crippen LogP contribution in [0.25, 0.3) is 11.4 Å². The van der Waals surface area contributed by atoms with Crippen LogP contribution in [0.3, 0.4) is 0 Å². The lowest BCUT2D eigenvalue weighted by atomic mass is 10.1. The first-order valence-corrected chi connectivity index (χ1v) is 8.61. The molecule has 0 N–H and O–H groups in total. The molecule has 0 saturated carbocycles. The molecule has 4 rings (SSSR count). The first kappa shape index (κ1) is 16.4. The lowest BCUT2D eigenvalue weighted by molar-refractivity contribution is 0.0726. The van der Waals surface area contributed by atoms with E-state index in [2.05, 4.69) is 15.2 Å². The Morgan fingerprint density at radius 3 is 2.85 bits per heavy atom. The first-order chi connectivity index (χ1) is 12.5. The van der Waals surface area contributed by atoms with Crippen molar-refractivity contribution in [1.82, 2.24) is 29.8 Å². The quantitative estimate of drug-likeness (QED) is 0.719. The molecule has 3 aromatic heterocycles. The Bertz CT molecular complexity index is 941. The zero-order chi connectivity index (χ0) is 18.3. The van der Waals surface area contributed by atoms with Gasteiger partial charge in [-0.2, -0.15) is 5.10 Å². The lowest BCUT2D eigenvalue weighted by Crippen LogP contribution is -2.31. The van der Waals surface area contributed by atoms with Crippen LogP contribution in [0.1, 0.15) is 46.5 Å². The molecule has 0 aromatic carbocycles. The minimum absolute atomic E-state index is 0.0643. The molecular weight excluding hydrogens is 332 g/mol. The molecule has 1 atom stereocenters. The minimum Gasteiger partial charge on any atom is -0.361 e. The highest BCUT2D eigenvalue weighted by Crippen LogP contribution is 2.33. The van der Waals surface area contributed by atoms with Gasteiger partial charge < -0.3 is 9.42 Å². The third kappa shape index (κ3) is 2.77. The number of carbonyl (C=O) groups excluding carboxylic acids is 1. The third-order valence-electron chi connectivity index (χ3n) is 4.72. The zero-order valence-corrected chi connectivity index (χ0v) is 15.0. The Morgan fingerprint density at radius 1 is 1.31 bits per heavy atom. The van der Waals surface area contributed by atoms with Gasteiger partial charge in [0.25, 0.3) is 5.91 Å². The van der Waals surface area contributed by atoms with Crippen molar-refractivity contribution in [2.45, 2.75) is 32.7 Å². The summed E-state index contributed by atoms with van der Waals surface area (Å²) < 4.78 is 6.87. The SMILES string of the molecule is Cc1noc(C)c1-c1nccc(C2CCCN2C(=O)c2ccn(C)n2)n1. The fraction of sp³-hybridized carbons (Fsp3) is 0.389. The van der Waals surface area contributed by atoms with Crippen LogP contribution < -0.4 is 0 Å². The van der Waals surface area contributed by atoms with Gasteiger partial charge in [-0.15, -0.1) is 0 Å². The van der Waals surface area contributed by atoms with Crippen LogP contribution >= 0.6 is 0 Å². The fourth-order valence-corrected chi connectivity index (χ4v) is 3.47. The molecule has 3 aromatic rings. The fourth-order valence-electron chi connectivity index (χ4n) is 3.47. The number of carbonyl (C=O) groups is 1. The van der Waals surface area contributed by atoms with E-state index in [4.69, 9.17) is 9.51 Å². The van der Waals surface area contributed by atoms with Crippen molar-refractivity contribution >= 4 is 5.91 Å². The maximum Gasteiger partial charge on any atom is 0.274 e. The van der Waals surface area contributed by atoms with Crippen LogP contribution in [0.15, 0.2) is 29.0 Å². The van der Waals surface area contributed by atoms with Crippen molar-refractivity contribution in [1.29, 1.82) is 0 Å². The predicted molar refractivity (Wildman–Crippen MR) is 93.2 cm³/mol. The van der Waals surface area contributed by atoms with E-state index in [1.54, 1.807) is 30.2 Å². The Morgan fingerprint density at radius 2 is 2.15 bits per heavy atom. The highest BCUT2D eigenvalue weighted by molar-refractivity contribution is 5.92. The van der Waals surface area contributed by atoms with Gasteiger partial charge in [0.05, 0.1) is 23.0 Å². The van der Waals surface area contributed by atoms with Gasteiger partial charge in [-0.25, -0.2) is 9.97 Å². The minimum atomic E-state index is -0.0771. The number of rotatable bonds is 3. The second-order valence-electron chi connectivity index (χ2n) is 6.54. The van der Waals surface area contributed by atoms with Crippen molar-refractivity contribution in [2.24, 2.45) is 7.05 Å². The van der Waals surface area contributed by atoms with Gasteiger partial charge in [-0.1, -0.05) is 5.16 Å². The summed E-state index contributed by atoms with van der Waals surface area (Å²) in [6.07, 6.45) is 5.31.